The maximum atomic E-state index is 11.9. The van der Waals surface area contributed by atoms with E-state index in [0.717, 1.165) is 23.9 Å². The molecule has 0 saturated carbocycles. The highest BCUT2D eigenvalue weighted by atomic mass is 79.9. The van der Waals surface area contributed by atoms with Crippen LogP contribution in [0.15, 0.2) is 28.7 Å². The number of rotatable bonds is 5. The Hall–Kier alpha value is -0.830. The molecule has 16 heavy (non-hydrogen) atoms. The summed E-state index contributed by atoms with van der Waals surface area (Å²) < 4.78 is 0.844. The van der Waals surface area contributed by atoms with Crippen LogP contribution in [0.3, 0.4) is 0 Å². The minimum Gasteiger partial charge on any atom is -0.352 e. The summed E-state index contributed by atoms with van der Waals surface area (Å²) in [6, 6.07) is 7.48. The Morgan fingerprint density at radius 2 is 1.94 bits per heavy atom. The van der Waals surface area contributed by atoms with E-state index in [1.54, 1.807) is 0 Å². The van der Waals surface area contributed by atoms with Crippen LogP contribution in [0.25, 0.3) is 0 Å². The molecule has 0 saturated heterocycles. The van der Waals surface area contributed by atoms with Crippen LogP contribution in [0.2, 0.25) is 0 Å². The van der Waals surface area contributed by atoms with Crippen molar-refractivity contribution in [2.75, 3.05) is 6.54 Å². The normalized spacial score (nSPS) is 10.5. The molecule has 1 rings (SSSR count). The van der Waals surface area contributed by atoms with E-state index in [0.29, 0.717) is 11.5 Å². The van der Waals surface area contributed by atoms with Crippen molar-refractivity contribution in [3.05, 3.63) is 34.3 Å². The lowest BCUT2D eigenvalue weighted by molar-refractivity contribution is 0.0945. The van der Waals surface area contributed by atoms with Crippen LogP contribution < -0.4 is 5.32 Å². The lowest BCUT2D eigenvalue weighted by atomic mass is 10.0. The monoisotopic (exact) mass is 283 g/mol. The number of hydrogen-bond acceptors (Lipinski definition) is 1. The summed E-state index contributed by atoms with van der Waals surface area (Å²) >= 11 is 3.38. The average Bonchev–Trinajstić information content (AvgIpc) is 2.30. The molecule has 0 aliphatic heterocycles. The van der Waals surface area contributed by atoms with Crippen molar-refractivity contribution in [3.8, 4) is 0 Å². The van der Waals surface area contributed by atoms with E-state index < -0.39 is 0 Å². The van der Waals surface area contributed by atoms with Crippen molar-refractivity contribution in [1.29, 1.82) is 0 Å². The molecule has 88 valence electrons. The maximum Gasteiger partial charge on any atom is 0.252 e. The Balaban J connectivity index is 2.56. The first-order chi connectivity index (χ1) is 7.69. The SMILES string of the molecule is CCC(CC)CNC(=O)c1ccccc1Br. The fraction of sp³-hybridized carbons (Fsp3) is 0.462. The molecule has 0 atom stereocenters. The number of carbonyl (C=O) groups excluding carboxylic acids is 1. The molecule has 0 unspecified atom stereocenters. The van der Waals surface area contributed by atoms with Gasteiger partial charge in [-0.1, -0.05) is 38.8 Å². The largest absolute Gasteiger partial charge is 0.352 e. The second-order valence-corrected chi connectivity index (χ2v) is 4.73. The van der Waals surface area contributed by atoms with Gasteiger partial charge in [0.15, 0.2) is 0 Å². The highest BCUT2D eigenvalue weighted by Gasteiger charge is 2.10. The molecule has 0 aliphatic rings. The molecule has 1 N–H and O–H groups in total. The average molecular weight is 284 g/mol. The third-order valence-electron chi connectivity index (χ3n) is 2.82. The molecule has 0 fully saturated rings. The van der Waals surface area contributed by atoms with Crippen LogP contribution in [0, 0.1) is 5.92 Å². The fourth-order valence-electron chi connectivity index (χ4n) is 1.55. The zero-order valence-electron chi connectivity index (χ0n) is 9.79. The molecule has 0 aliphatic carbocycles. The van der Waals surface area contributed by atoms with Gasteiger partial charge in [-0.3, -0.25) is 4.79 Å². The van der Waals surface area contributed by atoms with Gasteiger partial charge >= 0.3 is 0 Å². The summed E-state index contributed by atoms with van der Waals surface area (Å²) in [4.78, 5) is 11.9. The van der Waals surface area contributed by atoms with Crippen molar-refractivity contribution >= 4 is 21.8 Å². The first kappa shape index (κ1) is 13.2. The summed E-state index contributed by atoms with van der Waals surface area (Å²) in [7, 11) is 0. The molecule has 1 aromatic rings. The Bertz CT molecular complexity index is 348. The van der Waals surface area contributed by atoms with Crippen LogP contribution in [0.1, 0.15) is 37.0 Å². The van der Waals surface area contributed by atoms with Gasteiger partial charge in [-0.15, -0.1) is 0 Å². The van der Waals surface area contributed by atoms with Crippen molar-refractivity contribution in [1.82, 2.24) is 5.32 Å². The first-order valence-corrected chi connectivity index (χ1v) is 6.51. The Morgan fingerprint density at radius 1 is 1.31 bits per heavy atom. The zero-order chi connectivity index (χ0) is 12.0. The Labute approximate surface area is 106 Å². The van der Waals surface area contributed by atoms with Gasteiger partial charge in [0.25, 0.3) is 5.91 Å². The molecular weight excluding hydrogens is 266 g/mol. The fourth-order valence-corrected chi connectivity index (χ4v) is 2.02. The summed E-state index contributed by atoms with van der Waals surface area (Å²) in [5.74, 6) is 0.575. The topological polar surface area (TPSA) is 29.1 Å². The van der Waals surface area contributed by atoms with Gasteiger partial charge in [-0.25, -0.2) is 0 Å². The third-order valence-corrected chi connectivity index (χ3v) is 3.52. The van der Waals surface area contributed by atoms with Crippen molar-refractivity contribution in [3.63, 3.8) is 0 Å². The zero-order valence-corrected chi connectivity index (χ0v) is 11.4. The summed E-state index contributed by atoms with van der Waals surface area (Å²) in [6.45, 7) is 5.06. The summed E-state index contributed by atoms with van der Waals surface area (Å²) in [5, 5.41) is 2.97. The van der Waals surface area contributed by atoms with E-state index in [-0.39, 0.29) is 5.91 Å². The highest BCUT2D eigenvalue weighted by molar-refractivity contribution is 9.10. The minimum atomic E-state index is -0.000579. The minimum absolute atomic E-state index is 0.000579. The third kappa shape index (κ3) is 3.63. The molecule has 0 bridgehead atoms. The Morgan fingerprint density at radius 3 is 2.50 bits per heavy atom. The molecule has 0 spiro atoms. The first-order valence-electron chi connectivity index (χ1n) is 5.71. The summed E-state index contributed by atoms with van der Waals surface area (Å²) in [5.41, 5.74) is 0.702. The van der Waals surface area contributed by atoms with Gasteiger partial charge in [0, 0.05) is 11.0 Å². The molecule has 0 heterocycles. The van der Waals surface area contributed by atoms with Gasteiger partial charge in [-0.2, -0.15) is 0 Å². The van der Waals surface area contributed by atoms with Gasteiger partial charge in [-0.05, 0) is 34.0 Å². The molecule has 3 heteroatoms. The van der Waals surface area contributed by atoms with Crippen LogP contribution in [-0.4, -0.2) is 12.5 Å². The predicted octanol–water partition coefficient (Wildman–Crippen LogP) is 3.62. The highest BCUT2D eigenvalue weighted by Crippen LogP contribution is 2.15. The van der Waals surface area contributed by atoms with Crippen LogP contribution in [-0.2, 0) is 0 Å². The van der Waals surface area contributed by atoms with Crippen molar-refractivity contribution in [2.24, 2.45) is 5.92 Å². The van der Waals surface area contributed by atoms with Crippen molar-refractivity contribution < 1.29 is 4.79 Å². The van der Waals surface area contributed by atoms with Crippen molar-refractivity contribution in [2.45, 2.75) is 26.7 Å². The molecule has 1 aromatic carbocycles. The van der Waals surface area contributed by atoms with E-state index >= 15 is 0 Å². The second-order valence-electron chi connectivity index (χ2n) is 3.87. The van der Waals surface area contributed by atoms with Gasteiger partial charge in [0.05, 0.1) is 5.56 Å². The Kier molecular flexibility index (Phi) is 5.53. The molecule has 1 amide bonds. The number of halogens is 1. The van der Waals surface area contributed by atoms with Crippen LogP contribution >= 0.6 is 15.9 Å². The van der Waals surface area contributed by atoms with E-state index in [1.807, 2.05) is 24.3 Å². The predicted molar refractivity (Wildman–Crippen MR) is 70.5 cm³/mol. The molecule has 0 aromatic heterocycles. The lowest BCUT2D eigenvalue weighted by Crippen LogP contribution is -2.29. The number of carbonyl (C=O) groups is 1. The number of hydrogen-bond donors (Lipinski definition) is 1. The second kappa shape index (κ2) is 6.69. The van der Waals surface area contributed by atoms with E-state index in [4.69, 9.17) is 0 Å². The van der Waals surface area contributed by atoms with E-state index in [9.17, 15) is 4.79 Å². The van der Waals surface area contributed by atoms with E-state index in [1.165, 1.54) is 0 Å². The van der Waals surface area contributed by atoms with E-state index in [2.05, 4.69) is 35.1 Å². The molecular formula is C13H18BrNO. The van der Waals surface area contributed by atoms with Gasteiger partial charge < -0.3 is 5.32 Å². The van der Waals surface area contributed by atoms with Gasteiger partial charge in [0.1, 0.15) is 0 Å². The quantitative estimate of drug-likeness (QED) is 0.879. The standard InChI is InChI=1S/C13H18BrNO/c1-3-10(4-2)9-15-13(16)11-7-5-6-8-12(11)14/h5-8,10H,3-4,9H2,1-2H3,(H,15,16). The molecule has 0 radical (unpaired) electrons. The lowest BCUT2D eigenvalue weighted by Gasteiger charge is -2.13. The number of benzene rings is 1. The molecule has 2 nitrogen and oxygen atoms in total. The van der Waals surface area contributed by atoms with Crippen LogP contribution in [0.4, 0.5) is 0 Å². The van der Waals surface area contributed by atoms with Crippen LogP contribution in [0.5, 0.6) is 0 Å². The smallest absolute Gasteiger partial charge is 0.252 e. The number of amides is 1. The number of nitrogens with one attached hydrogen (secondary N) is 1. The maximum absolute atomic E-state index is 11.9. The summed E-state index contributed by atoms with van der Waals surface area (Å²) in [6.07, 6.45) is 2.21. The van der Waals surface area contributed by atoms with Gasteiger partial charge in [0.2, 0.25) is 0 Å².